The molecule has 0 aliphatic carbocycles. The molecular weight excluding hydrogens is 346 g/mol. The molecule has 0 saturated heterocycles. The Morgan fingerprint density at radius 2 is 1.72 bits per heavy atom. The van der Waals surface area contributed by atoms with Crippen LogP contribution in [-0.2, 0) is 23.9 Å². The first-order valence-corrected chi connectivity index (χ1v) is 8.75. The summed E-state index contributed by atoms with van der Waals surface area (Å²) >= 11 is 0. The van der Waals surface area contributed by atoms with Gasteiger partial charge in [-0.2, -0.15) is 8.42 Å². The van der Waals surface area contributed by atoms with E-state index in [0.717, 1.165) is 5.69 Å². The Balaban J connectivity index is 2.45. The third-order valence-corrected chi connectivity index (χ3v) is 4.80. The lowest BCUT2D eigenvalue weighted by Gasteiger charge is -2.17. The molecule has 0 fully saturated rings. The lowest BCUT2D eigenvalue weighted by Crippen LogP contribution is -2.37. The third kappa shape index (κ3) is 4.06. The van der Waals surface area contributed by atoms with E-state index in [0.29, 0.717) is 10.8 Å². The Bertz CT molecular complexity index is 925. The predicted molar refractivity (Wildman–Crippen MR) is 93.3 cm³/mol. The highest BCUT2D eigenvalue weighted by Gasteiger charge is 2.27. The molecule has 0 radical (unpaired) electrons. The maximum atomic E-state index is 12.5. The van der Waals surface area contributed by atoms with Crippen molar-refractivity contribution >= 4 is 38.5 Å². The molecule has 0 aliphatic heterocycles. The van der Waals surface area contributed by atoms with Crippen LogP contribution in [0.15, 0.2) is 41.3 Å². The Kier molecular flexibility index (Phi) is 5.29. The van der Waals surface area contributed by atoms with Gasteiger partial charge in [0.2, 0.25) is 5.91 Å². The van der Waals surface area contributed by atoms with Gasteiger partial charge in [-0.15, -0.1) is 0 Å². The normalized spacial score (nSPS) is 12.6. The van der Waals surface area contributed by atoms with Crippen LogP contribution in [0, 0.1) is 0 Å². The van der Waals surface area contributed by atoms with Gasteiger partial charge in [-0.25, -0.2) is 4.79 Å². The lowest BCUT2D eigenvalue weighted by atomic mass is 10.1. The van der Waals surface area contributed by atoms with Crippen molar-refractivity contribution in [3.63, 3.8) is 0 Å². The highest BCUT2D eigenvalue weighted by atomic mass is 32.2. The second-order valence-electron chi connectivity index (χ2n) is 5.66. The summed E-state index contributed by atoms with van der Waals surface area (Å²) in [5, 5.41) is 1.09. The van der Waals surface area contributed by atoms with Gasteiger partial charge in [-0.3, -0.25) is 4.79 Å². The second kappa shape index (κ2) is 7.08. The fraction of sp³-hybridized carbons (Fsp3) is 0.250. The summed E-state index contributed by atoms with van der Waals surface area (Å²) in [6, 6.07) is 8.38. The van der Waals surface area contributed by atoms with Gasteiger partial charge in [-0.1, -0.05) is 24.3 Å². The number of hydrogen-bond donors (Lipinski definition) is 2. The number of primary amides is 1. The Labute approximate surface area is 145 Å². The topological polar surface area (TPSA) is 133 Å². The average Bonchev–Trinajstić information content (AvgIpc) is 2.52. The highest BCUT2D eigenvalue weighted by molar-refractivity contribution is 7.87. The molecule has 25 heavy (non-hydrogen) atoms. The fourth-order valence-corrected chi connectivity index (χ4v) is 3.51. The van der Waals surface area contributed by atoms with E-state index in [1.165, 1.54) is 6.07 Å². The van der Waals surface area contributed by atoms with Crippen molar-refractivity contribution in [1.29, 1.82) is 0 Å². The Morgan fingerprint density at radius 3 is 2.32 bits per heavy atom. The van der Waals surface area contributed by atoms with Gasteiger partial charge in [-0.05, 0) is 12.1 Å². The maximum absolute atomic E-state index is 12.5. The molecule has 2 rings (SSSR count). The number of carbonyl (C=O) groups is 2. The van der Waals surface area contributed by atoms with Crippen molar-refractivity contribution in [3.8, 4) is 0 Å². The number of anilines is 1. The molecule has 2 aromatic carbocycles. The predicted octanol–water partition coefficient (Wildman–Crippen LogP) is 0.340. The summed E-state index contributed by atoms with van der Waals surface area (Å²) in [6.07, 6.45) is -0.505. The van der Waals surface area contributed by atoms with E-state index >= 15 is 0 Å². The van der Waals surface area contributed by atoms with E-state index in [4.69, 9.17) is 11.5 Å². The number of rotatable bonds is 6. The molecule has 1 amide bonds. The van der Waals surface area contributed by atoms with Crippen molar-refractivity contribution in [2.45, 2.75) is 17.4 Å². The molecule has 2 aromatic rings. The van der Waals surface area contributed by atoms with E-state index in [-0.39, 0.29) is 4.90 Å². The van der Waals surface area contributed by atoms with E-state index in [2.05, 4.69) is 4.18 Å². The van der Waals surface area contributed by atoms with Crippen LogP contribution in [0.2, 0.25) is 0 Å². The van der Waals surface area contributed by atoms with Crippen molar-refractivity contribution in [2.75, 3.05) is 19.0 Å². The number of benzene rings is 2. The van der Waals surface area contributed by atoms with E-state index in [1.807, 2.05) is 25.1 Å². The van der Waals surface area contributed by atoms with Gasteiger partial charge >= 0.3 is 16.1 Å². The molecule has 9 heteroatoms. The number of nitrogens with zero attached hydrogens (tertiary/aromatic N) is 1. The second-order valence-corrected chi connectivity index (χ2v) is 7.17. The fourth-order valence-electron chi connectivity index (χ4n) is 2.39. The zero-order valence-corrected chi connectivity index (χ0v) is 14.6. The van der Waals surface area contributed by atoms with Crippen molar-refractivity contribution in [2.24, 2.45) is 11.5 Å². The Morgan fingerprint density at radius 1 is 1.12 bits per heavy atom. The summed E-state index contributed by atoms with van der Waals surface area (Å²) in [5.74, 6) is -2.07. The summed E-state index contributed by atoms with van der Waals surface area (Å²) in [5.41, 5.74) is 11.2. The minimum atomic E-state index is -4.41. The monoisotopic (exact) mass is 365 g/mol. The smallest absolute Gasteiger partial charge is 0.342 e. The quantitative estimate of drug-likeness (QED) is 0.705. The van der Waals surface area contributed by atoms with E-state index in [9.17, 15) is 18.0 Å². The van der Waals surface area contributed by atoms with Crippen LogP contribution in [0.5, 0.6) is 0 Å². The largest absolute Gasteiger partial charge is 0.377 e. The van der Waals surface area contributed by atoms with Gasteiger partial charge in [0.05, 0.1) is 6.42 Å². The van der Waals surface area contributed by atoms with Crippen molar-refractivity contribution < 1.29 is 22.2 Å². The summed E-state index contributed by atoms with van der Waals surface area (Å²) in [6.45, 7) is 0. The number of nitrogens with two attached hydrogens (primary N) is 2. The van der Waals surface area contributed by atoms with E-state index < -0.39 is 34.5 Å². The molecule has 4 N–H and O–H groups in total. The number of carbonyl (C=O) groups excluding carboxylic acids is 2. The van der Waals surface area contributed by atoms with Gasteiger partial charge in [0.15, 0.2) is 0 Å². The van der Waals surface area contributed by atoms with Crippen molar-refractivity contribution in [1.82, 2.24) is 0 Å². The minimum Gasteiger partial charge on any atom is -0.377 e. The number of hydrogen-bond acceptors (Lipinski definition) is 7. The number of fused-ring (bicyclic) bond motifs is 1. The molecule has 134 valence electrons. The average molecular weight is 365 g/mol. The first kappa shape index (κ1) is 18.7. The van der Waals surface area contributed by atoms with Crippen LogP contribution >= 0.6 is 0 Å². The van der Waals surface area contributed by atoms with Gasteiger partial charge in [0, 0.05) is 30.6 Å². The molecule has 8 nitrogen and oxygen atoms in total. The van der Waals surface area contributed by atoms with Gasteiger partial charge < -0.3 is 20.6 Å². The van der Waals surface area contributed by atoms with E-state index in [1.54, 1.807) is 24.3 Å². The molecule has 0 unspecified atom stereocenters. The molecule has 0 aliphatic rings. The molecule has 1 atom stereocenters. The van der Waals surface area contributed by atoms with Crippen molar-refractivity contribution in [3.05, 3.63) is 36.4 Å². The lowest BCUT2D eigenvalue weighted by molar-refractivity contribution is -0.137. The standard InChI is InChI=1S/C16H19N3O5S/c1-19(2)13-7-3-6-11-10(13)5-4-8-14(11)25(22,23)24-16(21)12(17)9-15(18)20/h3-8,12H,9,17H2,1-2H3,(H2,18,20)/t12-/m0/s1. The SMILES string of the molecule is CN(C)c1cccc2c(S(=O)(=O)OC(=O)[C@@H](N)CC(N)=O)cccc12. The van der Waals surface area contributed by atoms with Crippen LogP contribution in [0.4, 0.5) is 5.69 Å². The van der Waals surface area contributed by atoms with Crippen LogP contribution < -0.4 is 16.4 Å². The van der Waals surface area contributed by atoms with Crippen LogP contribution in [0.3, 0.4) is 0 Å². The van der Waals surface area contributed by atoms with Crippen LogP contribution in [0.1, 0.15) is 6.42 Å². The molecule has 0 heterocycles. The van der Waals surface area contributed by atoms with Gasteiger partial charge in [0.1, 0.15) is 10.9 Å². The maximum Gasteiger partial charge on any atom is 0.342 e. The highest BCUT2D eigenvalue weighted by Crippen LogP contribution is 2.31. The minimum absolute atomic E-state index is 0.159. The zero-order valence-electron chi connectivity index (χ0n) is 13.8. The summed E-state index contributed by atoms with van der Waals surface area (Å²) in [7, 11) is -0.745. The summed E-state index contributed by atoms with van der Waals surface area (Å²) in [4.78, 5) is 24.3. The summed E-state index contributed by atoms with van der Waals surface area (Å²) < 4.78 is 29.6. The third-order valence-electron chi connectivity index (χ3n) is 3.53. The van der Waals surface area contributed by atoms with Gasteiger partial charge in [0.25, 0.3) is 0 Å². The number of amides is 1. The molecule has 0 bridgehead atoms. The molecule has 0 saturated carbocycles. The molecular formula is C16H19N3O5S. The molecule has 0 aromatic heterocycles. The first-order valence-electron chi connectivity index (χ1n) is 7.35. The van der Waals surface area contributed by atoms with Crippen LogP contribution in [0.25, 0.3) is 10.8 Å². The first-order chi connectivity index (χ1) is 11.6. The molecule has 0 spiro atoms. The Hall–Kier alpha value is -2.65. The van der Waals surface area contributed by atoms with Crippen LogP contribution in [-0.4, -0.2) is 40.4 Å². The zero-order chi connectivity index (χ0) is 18.8.